The Morgan fingerprint density at radius 3 is 2.52 bits per heavy atom. The Bertz CT molecular complexity index is 599. The summed E-state index contributed by atoms with van der Waals surface area (Å²) < 4.78 is 6.87. The van der Waals surface area contributed by atoms with Crippen LogP contribution in [0.1, 0.15) is 18.1 Å². The number of hydrogen-bond acceptors (Lipinski definition) is 2. The molecule has 2 aromatic rings. The van der Waals surface area contributed by atoms with Crippen LogP contribution in [0.4, 0.5) is 0 Å². The smallest absolute Gasteiger partial charge is 0.120 e. The van der Waals surface area contributed by atoms with Crippen molar-refractivity contribution >= 4 is 39.1 Å². The molecule has 0 aliphatic rings. The van der Waals surface area contributed by atoms with Crippen LogP contribution < -0.4 is 10.1 Å². The maximum atomic E-state index is 6.14. The van der Waals surface area contributed by atoms with Gasteiger partial charge in [0.2, 0.25) is 0 Å². The van der Waals surface area contributed by atoms with Crippen LogP contribution in [0.15, 0.2) is 40.9 Å². The molecule has 0 spiro atoms. The lowest BCUT2D eigenvalue weighted by Gasteiger charge is -2.12. The van der Waals surface area contributed by atoms with Crippen LogP contribution >= 0.6 is 39.1 Å². The van der Waals surface area contributed by atoms with Crippen molar-refractivity contribution in [1.82, 2.24) is 5.32 Å². The summed E-state index contributed by atoms with van der Waals surface area (Å²) in [7, 11) is 0. The summed E-state index contributed by atoms with van der Waals surface area (Å²) in [6.07, 6.45) is 0. The summed E-state index contributed by atoms with van der Waals surface area (Å²) in [5.74, 6) is 0.794. The Morgan fingerprint density at radius 1 is 1.14 bits per heavy atom. The molecule has 0 saturated carbocycles. The summed E-state index contributed by atoms with van der Waals surface area (Å²) in [4.78, 5) is 0. The Hall–Kier alpha value is -0.740. The molecule has 0 aliphatic carbocycles. The number of ether oxygens (including phenoxy) is 1. The van der Waals surface area contributed by atoms with E-state index in [-0.39, 0.29) is 0 Å². The van der Waals surface area contributed by atoms with Crippen LogP contribution in [0.5, 0.6) is 5.75 Å². The molecule has 2 nitrogen and oxygen atoms in total. The van der Waals surface area contributed by atoms with Gasteiger partial charge < -0.3 is 10.1 Å². The third kappa shape index (κ3) is 4.62. The van der Waals surface area contributed by atoms with Crippen molar-refractivity contribution in [2.45, 2.75) is 20.1 Å². The first-order valence-corrected chi connectivity index (χ1v) is 8.21. The molecule has 0 radical (unpaired) electrons. The van der Waals surface area contributed by atoms with Crippen LogP contribution in [-0.4, -0.2) is 6.54 Å². The van der Waals surface area contributed by atoms with Gasteiger partial charge in [0.15, 0.2) is 0 Å². The Labute approximate surface area is 143 Å². The van der Waals surface area contributed by atoms with Crippen molar-refractivity contribution in [2.24, 2.45) is 0 Å². The molecule has 1 N–H and O–H groups in total. The highest BCUT2D eigenvalue weighted by Gasteiger charge is 2.07. The summed E-state index contributed by atoms with van der Waals surface area (Å²) in [5, 5.41) is 4.53. The SMILES string of the molecule is CCNCc1cc(OCc2c(Cl)cccc2Cl)ccc1Br. The Kier molecular flexibility index (Phi) is 6.37. The second-order valence-corrected chi connectivity index (χ2v) is 6.19. The Morgan fingerprint density at radius 2 is 1.86 bits per heavy atom. The summed E-state index contributed by atoms with van der Waals surface area (Å²) in [6.45, 7) is 4.14. The summed E-state index contributed by atoms with van der Waals surface area (Å²) >= 11 is 15.8. The van der Waals surface area contributed by atoms with Crippen molar-refractivity contribution in [2.75, 3.05) is 6.54 Å². The number of rotatable bonds is 6. The highest BCUT2D eigenvalue weighted by molar-refractivity contribution is 9.10. The van der Waals surface area contributed by atoms with Gasteiger partial charge in [-0.1, -0.05) is 52.1 Å². The van der Waals surface area contributed by atoms with E-state index in [1.165, 1.54) is 0 Å². The molecule has 0 fully saturated rings. The number of nitrogens with one attached hydrogen (secondary N) is 1. The fourth-order valence-electron chi connectivity index (χ4n) is 1.86. The van der Waals surface area contributed by atoms with Crippen LogP contribution in [0.2, 0.25) is 10.0 Å². The maximum absolute atomic E-state index is 6.14. The first kappa shape index (κ1) is 16.6. The number of hydrogen-bond donors (Lipinski definition) is 1. The first-order valence-electron chi connectivity index (χ1n) is 6.66. The lowest BCUT2D eigenvalue weighted by atomic mass is 10.2. The standard InChI is InChI=1S/C16H16BrCl2NO/c1-2-20-9-11-8-12(6-7-14(11)17)21-10-13-15(18)4-3-5-16(13)19/h3-8,20H,2,9-10H2,1H3. The molecular formula is C16H16BrCl2NO. The van der Waals surface area contributed by atoms with Crippen LogP contribution in [0.25, 0.3) is 0 Å². The van der Waals surface area contributed by atoms with E-state index in [0.717, 1.165) is 34.4 Å². The van der Waals surface area contributed by atoms with Crippen molar-refractivity contribution in [3.8, 4) is 5.75 Å². The zero-order valence-electron chi connectivity index (χ0n) is 11.6. The maximum Gasteiger partial charge on any atom is 0.120 e. The third-order valence-corrected chi connectivity index (χ3v) is 4.51. The monoisotopic (exact) mass is 387 g/mol. The lowest BCUT2D eigenvalue weighted by molar-refractivity contribution is 0.306. The molecule has 2 rings (SSSR count). The first-order chi connectivity index (χ1) is 10.1. The van der Waals surface area contributed by atoms with E-state index < -0.39 is 0 Å². The number of benzene rings is 2. The molecule has 0 aliphatic heterocycles. The molecular weight excluding hydrogens is 373 g/mol. The van der Waals surface area contributed by atoms with Crippen molar-refractivity contribution in [3.63, 3.8) is 0 Å². The van der Waals surface area contributed by atoms with Crippen LogP contribution in [0.3, 0.4) is 0 Å². The highest BCUT2D eigenvalue weighted by Crippen LogP contribution is 2.27. The van der Waals surface area contributed by atoms with E-state index in [9.17, 15) is 0 Å². The van der Waals surface area contributed by atoms with E-state index in [2.05, 4.69) is 28.2 Å². The second kappa shape index (κ2) is 8.04. The topological polar surface area (TPSA) is 21.3 Å². The van der Waals surface area contributed by atoms with E-state index in [0.29, 0.717) is 16.7 Å². The predicted octanol–water partition coefficient (Wildman–Crippen LogP) is 5.44. The van der Waals surface area contributed by atoms with Crippen molar-refractivity contribution in [3.05, 3.63) is 62.0 Å². The molecule has 112 valence electrons. The van der Waals surface area contributed by atoms with Crippen LogP contribution in [0, 0.1) is 0 Å². The summed E-state index contributed by atoms with van der Waals surface area (Å²) in [6, 6.07) is 11.4. The van der Waals surface area contributed by atoms with Gasteiger partial charge >= 0.3 is 0 Å². The van der Waals surface area contributed by atoms with Gasteiger partial charge in [-0.25, -0.2) is 0 Å². The van der Waals surface area contributed by atoms with Crippen molar-refractivity contribution < 1.29 is 4.74 Å². The van der Waals surface area contributed by atoms with Gasteiger partial charge in [-0.2, -0.15) is 0 Å². The van der Waals surface area contributed by atoms with Crippen molar-refractivity contribution in [1.29, 1.82) is 0 Å². The molecule has 0 bridgehead atoms. The number of halogens is 3. The normalized spacial score (nSPS) is 10.7. The average Bonchev–Trinajstić information content (AvgIpc) is 2.47. The van der Waals surface area contributed by atoms with Crippen LogP contribution in [-0.2, 0) is 13.2 Å². The van der Waals surface area contributed by atoms with Gasteiger partial charge in [0.25, 0.3) is 0 Å². The molecule has 2 aromatic carbocycles. The van der Waals surface area contributed by atoms with E-state index in [1.54, 1.807) is 0 Å². The van der Waals surface area contributed by atoms with Gasteiger partial charge in [0, 0.05) is 26.6 Å². The minimum absolute atomic E-state index is 0.348. The highest BCUT2D eigenvalue weighted by atomic mass is 79.9. The molecule has 21 heavy (non-hydrogen) atoms. The fraction of sp³-hybridized carbons (Fsp3) is 0.250. The summed E-state index contributed by atoms with van der Waals surface area (Å²) in [5.41, 5.74) is 1.96. The molecule has 0 unspecified atom stereocenters. The zero-order valence-corrected chi connectivity index (χ0v) is 14.7. The molecule has 0 saturated heterocycles. The molecule has 0 amide bonds. The largest absolute Gasteiger partial charge is 0.489 e. The van der Waals surface area contributed by atoms with E-state index in [1.807, 2.05) is 36.4 Å². The molecule has 5 heteroatoms. The molecule has 0 aromatic heterocycles. The third-order valence-electron chi connectivity index (χ3n) is 3.03. The Balaban J connectivity index is 2.09. The quantitative estimate of drug-likeness (QED) is 0.710. The lowest BCUT2D eigenvalue weighted by Crippen LogP contribution is -2.12. The van der Waals surface area contributed by atoms with E-state index in [4.69, 9.17) is 27.9 Å². The zero-order chi connectivity index (χ0) is 15.2. The predicted molar refractivity (Wildman–Crippen MR) is 92.3 cm³/mol. The van der Waals surface area contributed by atoms with Gasteiger partial charge in [-0.05, 0) is 42.4 Å². The minimum atomic E-state index is 0.348. The van der Waals surface area contributed by atoms with Gasteiger partial charge in [-0.3, -0.25) is 0 Å². The molecule has 0 heterocycles. The van der Waals surface area contributed by atoms with Gasteiger partial charge in [0.1, 0.15) is 12.4 Å². The minimum Gasteiger partial charge on any atom is -0.489 e. The fourth-order valence-corrected chi connectivity index (χ4v) is 2.76. The van der Waals surface area contributed by atoms with Gasteiger partial charge in [-0.15, -0.1) is 0 Å². The average molecular weight is 389 g/mol. The molecule has 0 atom stereocenters. The second-order valence-electron chi connectivity index (χ2n) is 4.52. The van der Waals surface area contributed by atoms with Gasteiger partial charge in [0.05, 0.1) is 0 Å². The van der Waals surface area contributed by atoms with E-state index >= 15 is 0 Å².